The number of hydrogen-bond donors (Lipinski definition) is 0. The summed E-state index contributed by atoms with van der Waals surface area (Å²) in [5.41, 5.74) is 0. The lowest BCUT2D eigenvalue weighted by atomic mass is 10.1. The van der Waals surface area contributed by atoms with Crippen LogP contribution in [-0.2, 0) is 29.0 Å². The third-order valence-corrected chi connectivity index (χ3v) is 5.09. The van der Waals surface area contributed by atoms with Crippen molar-refractivity contribution in [3.05, 3.63) is 11.6 Å². The number of aromatic nitrogens is 3. The molecule has 7 heteroatoms. The zero-order chi connectivity index (χ0) is 16.8. The van der Waals surface area contributed by atoms with Crippen molar-refractivity contribution in [3.63, 3.8) is 0 Å². The van der Waals surface area contributed by atoms with Crippen LogP contribution in [0, 0.1) is 0 Å². The highest BCUT2D eigenvalue weighted by Gasteiger charge is 2.27. The van der Waals surface area contributed by atoms with E-state index in [9.17, 15) is 0 Å². The van der Waals surface area contributed by atoms with Crippen LogP contribution >= 0.6 is 0 Å². The molecule has 1 aromatic rings. The Morgan fingerprint density at radius 1 is 1.21 bits per heavy atom. The van der Waals surface area contributed by atoms with E-state index in [4.69, 9.17) is 9.47 Å². The predicted molar refractivity (Wildman–Crippen MR) is 92.0 cm³/mol. The van der Waals surface area contributed by atoms with E-state index in [0.29, 0.717) is 6.04 Å². The Morgan fingerprint density at radius 3 is 2.96 bits per heavy atom. The highest BCUT2D eigenvalue weighted by Crippen LogP contribution is 2.17. The molecule has 1 aromatic heterocycles. The van der Waals surface area contributed by atoms with Gasteiger partial charge < -0.3 is 14.0 Å². The van der Waals surface area contributed by atoms with E-state index in [1.807, 2.05) is 0 Å². The van der Waals surface area contributed by atoms with Gasteiger partial charge >= 0.3 is 0 Å². The molecule has 7 nitrogen and oxygen atoms in total. The highest BCUT2D eigenvalue weighted by atomic mass is 16.5. The second-order valence-corrected chi connectivity index (χ2v) is 6.75. The van der Waals surface area contributed by atoms with Gasteiger partial charge in [-0.05, 0) is 6.42 Å². The number of ether oxygens (including phenoxy) is 2. The van der Waals surface area contributed by atoms with E-state index in [0.717, 1.165) is 77.2 Å². The zero-order valence-electron chi connectivity index (χ0n) is 15.1. The fraction of sp³-hybridized carbons (Fsp3) is 0.882. The first-order chi connectivity index (χ1) is 11.8. The smallest absolute Gasteiger partial charge is 0.147 e. The van der Waals surface area contributed by atoms with Crippen molar-refractivity contribution >= 4 is 0 Å². The summed E-state index contributed by atoms with van der Waals surface area (Å²) in [5, 5.41) is 8.83. The molecule has 3 rings (SSSR count). The molecule has 0 spiro atoms. The first kappa shape index (κ1) is 17.8. The summed E-state index contributed by atoms with van der Waals surface area (Å²) in [6, 6.07) is 0.619. The van der Waals surface area contributed by atoms with Crippen molar-refractivity contribution in [3.8, 4) is 0 Å². The SMILES string of the molecule is CCCC1CN(Cc2nnc3n2CCOCC3)CCN1CCOC. The summed E-state index contributed by atoms with van der Waals surface area (Å²) in [4.78, 5) is 5.12. The molecule has 0 aliphatic carbocycles. The molecule has 3 heterocycles. The Labute approximate surface area is 144 Å². The van der Waals surface area contributed by atoms with E-state index in [1.165, 1.54) is 12.8 Å². The molecule has 1 saturated heterocycles. The van der Waals surface area contributed by atoms with Crippen LogP contribution in [0.2, 0.25) is 0 Å². The van der Waals surface area contributed by atoms with Crippen LogP contribution in [0.1, 0.15) is 31.4 Å². The Hall–Kier alpha value is -1.02. The lowest BCUT2D eigenvalue weighted by Gasteiger charge is -2.41. The second-order valence-electron chi connectivity index (χ2n) is 6.75. The van der Waals surface area contributed by atoms with Crippen molar-refractivity contribution in [2.24, 2.45) is 0 Å². The largest absolute Gasteiger partial charge is 0.383 e. The lowest BCUT2D eigenvalue weighted by molar-refractivity contribution is 0.0425. The van der Waals surface area contributed by atoms with Crippen molar-refractivity contribution in [1.82, 2.24) is 24.6 Å². The third-order valence-electron chi connectivity index (χ3n) is 5.09. The normalized spacial score (nSPS) is 23.2. The summed E-state index contributed by atoms with van der Waals surface area (Å²) in [7, 11) is 1.78. The highest BCUT2D eigenvalue weighted by molar-refractivity contribution is 4.98. The van der Waals surface area contributed by atoms with Gasteiger partial charge in [0.05, 0.1) is 26.4 Å². The van der Waals surface area contributed by atoms with E-state index < -0.39 is 0 Å². The maximum atomic E-state index is 5.56. The predicted octanol–water partition coefficient (Wildman–Crippen LogP) is 0.784. The maximum absolute atomic E-state index is 5.56. The van der Waals surface area contributed by atoms with Crippen molar-refractivity contribution < 1.29 is 9.47 Å². The number of methoxy groups -OCH3 is 1. The third kappa shape index (κ3) is 4.33. The van der Waals surface area contributed by atoms with Gasteiger partial charge in [-0.25, -0.2) is 0 Å². The fourth-order valence-corrected chi connectivity index (χ4v) is 3.76. The van der Waals surface area contributed by atoms with Gasteiger partial charge in [-0.2, -0.15) is 0 Å². The number of piperazine rings is 1. The van der Waals surface area contributed by atoms with Crippen LogP contribution in [0.5, 0.6) is 0 Å². The average Bonchev–Trinajstić information content (AvgIpc) is 2.81. The van der Waals surface area contributed by atoms with Crippen LogP contribution < -0.4 is 0 Å². The fourth-order valence-electron chi connectivity index (χ4n) is 3.76. The Balaban J connectivity index is 1.61. The first-order valence-electron chi connectivity index (χ1n) is 9.25. The van der Waals surface area contributed by atoms with Crippen LogP contribution in [0.3, 0.4) is 0 Å². The minimum atomic E-state index is 0.619. The molecule has 0 saturated carbocycles. The Kier molecular flexibility index (Phi) is 6.59. The molecular weight excluding hydrogens is 306 g/mol. The molecule has 0 bridgehead atoms. The zero-order valence-corrected chi connectivity index (χ0v) is 15.1. The van der Waals surface area contributed by atoms with Crippen molar-refractivity contribution in [2.45, 2.75) is 45.3 Å². The molecule has 136 valence electrons. The molecule has 2 aliphatic rings. The molecule has 0 amide bonds. The number of hydrogen-bond acceptors (Lipinski definition) is 6. The lowest BCUT2D eigenvalue weighted by Crippen LogP contribution is -2.53. The van der Waals surface area contributed by atoms with Gasteiger partial charge in [0, 0.05) is 52.3 Å². The van der Waals surface area contributed by atoms with Gasteiger partial charge in [0.25, 0.3) is 0 Å². The first-order valence-corrected chi connectivity index (χ1v) is 9.25. The molecular formula is C17H31N5O2. The van der Waals surface area contributed by atoms with Crippen LogP contribution in [0.15, 0.2) is 0 Å². The van der Waals surface area contributed by atoms with E-state index in [1.54, 1.807) is 7.11 Å². The van der Waals surface area contributed by atoms with Gasteiger partial charge in [-0.1, -0.05) is 13.3 Å². The molecule has 0 radical (unpaired) electrons. The topological polar surface area (TPSA) is 55.7 Å². The van der Waals surface area contributed by atoms with Gasteiger partial charge in [0.1, 0.15) is 11.6 Å². The second kappa shape index (κ2) is 8.89. The number of rotatable bonds is 7. The van der Waals surface area contributed by atoms with Gasteiger partial charge in [-0.3, -0.25) is 9.80 Å². The molecule has 24 heavy (non-hydrogen) atoms. The summed E-state index contributed by atoms with van der Waals surface area (Å²) in [5.74, 6) is 2.17. The minimum Gasteiger partial charge on any atom is -0.383 e. The van der Waals surface area contributed by atoms with E-state index in [2.05, 4.69) is 31.5 Å². The van der Waals surface area contributed by atoms with Crippen LogP contribution in [0.25, 0.3) is 0 Å². The van der Waals surface area contributed by atoms with Crippen molar-refractivity contribution in [2.75, 3.05) is 53.1 Å². The minimum absolute atomic E-state index is 0.619. The maximum Gasteiger partial charge on any atom is 0.147 e. The number of fused-ring (bicyclic) bond motifs is 1. The quantitative estimate of drug-likeness (QED) is 0.733. The summed E-state index contributed by atoms with van der Waals surface area (Å²) in [6.45, 7) is 10.7. The van der Waals surface area contributed by atoms with E-state index in [-0.39, 0.29) is 0 Å². The molecule has 1 atom stereocenters. The summed E-state index contributed by atoms with van der Waals surface area (Å²) >= 11 is 0. The van der Waals surface area contributed by atoms with Gasteiger partial charge in [0.2, 0.25) is 0 Å². The molecule has 1 unspecified atom stereocenters. The van der Waals surface area contributed by atoms with Gasteiger partial charge in [-0.15, -0.1) is 10.2 Å². The molecule has 1 fully saturated rings. The standard InChI is InChI=1S/C17H31N5O2/c1-3-4-15-13-20(6-7-21(15)8-11-23-2)14-17-19-18-16-5-10-24-12-9-22(16)17/h15H,3-14H2,1-2H3. The van der Waals surface area contributed by atoms with Crippen LogP contribution in [-0.4, -0.2) is 83.7 Å². The van der Waals surface area contributed by atoms with E-state index >= 15 is 0 Å². The monoisotopic (exact) mass is 337 g/mol. The van der Waals surface area contributed by atoms with Crippen molar-refractivity contribution in [1.29, 1.82) is 0 Å². The molecule has 0 aromatic carbocycles. The Bertz CT molecular complexity index is 507. The summed E-state index contributed by atoms with van der Waals surface area (Å²) < 4.78 is 13.1. The Morgan fingerprint density at radius 2 is 2.12 bits per heavy atom. The molecule has 2 aliphatic heterocycles. The van der Waals surface area contributed by atoms with Crippen LogP contribution in [0.4, 0.5) is 0 Å². The summed E-state index contributed by atoms with van der Waals surface area (Å²) in [6.07, 6.45) is 3.34. The van der Waals surface area contributed by atoms with Gasteiger partial charge in [0.15, 0.2) is 0 Å². The molecule has 0 N–H and O–H groups in total. The number of nitrogens with zero attached hydrogens (tertiary/aromatic N) is 5. The average molecular weight is 337 g/mol.